The number of rotatable bonds is 4. The molecule has 7 heteroatoms. The highest BCUT2D eigenvalue weighted by molar-refractivity contribution is 7.89. The summed E-state index contributed by atoms with van der Waals surface area (Å²) in [6.45, 7) is 4.67. The molecule has 1 N–H and O–H groups in total. The van der Waals surface area contributed by atoms with Crippen LogP contribution in [0.4, 0.5) is 5.69 Å². The third-order valence-corrected chi connectivity index (χ3v) is 7.01. The Morgan fingerprint density at radius 2 is 1.69 bits per heavy atom. The molecule has 1 aliphatic heterocycles. The van der Waals surface area contributed by atoms with E-state index in [1.165, 1.54) is 10.4 Å². The first-order valence-electron chi connectivity index (χ1n) is 8.47. The quantitative estimate of drug-likeness (QED) is 0.855. The second-order valence-corrected chi connectivity index (χ2v) is 8.82. The molecule has 138 valence electrons. The summed E-state index contributed by atoms with van der Waals surface area (Å²) in [4.78, 5) is 12.7. The lowest BCUT2D eigenvalue weighted by Crippen LogP contribution is -2.28. The van der Waals surface area contributed by atoms with Gasteiger partial charge in [-0.1, -0.05) is 23.7 Å². The van der Waals surface area contributed by atoms with Crippen LogP contribution in [0.15, 0.2) is 41.3 Å². The Morgan fingerprint density at radius 3 is 2.35 bits per heavy atom. The van der Waals surface area contributed by atoms with E-state index in [4.69, 9.17) is 11.6 Å². The number of sulfonamides is 1. The lowest BCUT2D eigenvalue weighted by atomic mass is 10.1. The van der Waals surface area contributed by atoms with E-state index >= 15 is 0 Å². The van der Waals surface area contributed by atoms with Crippen LogP contribution in [-0.2, 0) is 10.0 Å². The van der Waals surface area contributed by atoms with Crippen molar-refractivity contribution in [2.24, 2.45) is 0 Å². The molecule has 0 radical (unpaired) electrons. The molecule has 0 unspecified atom stereocenters. The van der Waals surface area contributed by atoms with Crippen LogP contribution in [0.5, 0.6) is 0 Å². The van der Waals surface area contributed by atoms with E-state index in [1.807, 2.05) is 13.0 Å². The van der Waals surface area contributed by atoms with Crippen LogP contribution in [0.1, 0.15) is 34.3 Å². The Bertz CT molecular complexity index is 951. The standard InChI is InChI=1S/C19H21ClN2O3S/c1-13-6-8-16(12-17(13)20)21-19(23)15-7-5-14(2)18(11-15)26(24,25)22-9-3-4-10-22/h5-8,11-12H,3-4,9-10H2,1-2H3,(H,21,23). The number of benzene rings is 2. The van der Waals surface area contributed by atoms with Crippen LogP contribution in [0.25, 0.3) is 0 Å². The first-order valence-corrected chi connectivity index (χ1v) is 10.3. The van der Waals surface area contributed by atoms with Gasteiger partial charge in [0.2, 0.25) is 10.0 Å². The summed E-state index contributed by atoms with van der Waals surface area (Å²) in [5.41, 5.74) is 2.41. The van der Waals surface area contributed by atoms with Crippen LogP contribution < -0.4 is 5.32 Å². The lowest BCUT2D eigenvalue weighted by molar-refractivity contribution is 0.102. The van der Waals surface area contributed by atoms with Crippen molar-refractivity contribution in [1.82, 2.24) is 4.31 Å². The summed E-state index contributed by atoms with van der Waals surface area (Å²) in [5.74, 6) is -0.372. The molecule has 0 saturated carbocycles. The fraction of sp³-hybridized carbons (Fsp3) is 0.316. The van der Waals surface area contributed by atoms with E-state index in [0.717, 1.165) is 18.4 Å². The van der Waals surface area contributed by atoms with Gasteiger partial charge >= 0.3 is 0 Å². The van der Waals surface area contributed by atoms with Crippen molar-refractivity contribution in [3.63, 3.8) is 0 Å². The molecule has 0 atom stereocenters. The molecule has 0 aromatic heterocycles. The normalized spacial score (nSPS) is 15.2. The van der Waals surface area contributed by atoms with E-state index in [9.17, 15) is 13.2 Å². The fourth-order valence-electron chi connectivity index (χ4n) is 2.96. The Hall–Kier alpha value is -1.89. The summed E-state index contributed by atoms with van der Waals surface area (Å²) in [7, 11) is -3.58. The third kappa shape index (κ3) is 3.77. The molecule has 2 aromatic carbocycles. The van der Waals surface area contributed by atoms with Gasteiger partial charge in [-0.2, -0.15) is 4.31 Å². The molecule has 3 rings (SSSR count). The fourth-order valence-corrected chi connectivity index (χ4v) is 4.91. The summed E-state index contributed by atoms with van der Waals surface area (Å²) < 4.78 is 27.2. The third-order valence-electron chi connectivity index (χ3n) is 4.56. The van der Waals surface area contributed by atoms with Gasteiger partial charge in [-0.3, -0.25) is 4.79 Å². The number of nitrogens with zero attached hydrogens (tertiary/aromatic N) is 1. The van der Waals surface area contributed by atoms with Gasteiger partial charge < -0.3 is 5.32 Å². The molecule has 1 aliphatic rings. The van der Waals surface area contributed by atoms with Crippen molar-refractivity contribution in [3.05, 3.63) is 58.1 Å². The van der Waals surface area contributed by atoms with Crippen molar-refractivity contribution in [3.8, 4) is 0 Å². The van der Waals surface area contributed by atoms with Crippen molar-refractivity contribution >= 4 is 33.2 Å². The zero-order valence-electron chi connectivity index (χ0n) is 14.8. The number of anilines is 1. The van der Waals surface area contributed by atoms with Crippen LogP contribution in [0.3, 0.4) is 0 Å². The molecule has 5 nitrogen and oxygen atoms in total. The molecule has 0 spiro atoms. The average molecular weight is 393 g/mol. The van der Waals surface area contributed by atoms with Crippen molar-refractivity contribution in [1.29, 1.82) is 0 Å². The predicted molar refractivity (Wildman–Crippen MR) is 103 cm³/mol. The number of amides is 1. The SMILES string of the molecule is Cc1ccc(NC(=O)c2ccc(C)c(S(=O)(=O)N3CCCC3)c2)cc1Cl. The number of halogens is 1. The molecule has 0 aliphatic carbocycles. The Labute approximate surface area is 159 Å². The number of aryl methyl sites for hydroxylation is 2. The highest BCUT2D eigenvalue weighted by Gasteiger charge is 2.29. The molecule has 2 aromatic rings. The van der Waals surface area contributed by atoms with Gasteiger partial charge in [0.25, 0.3) is 5.91 Å². The van der Waals surface area contributed by atoms with Crippen molar-refractivity contribution < 1.29 is 13.2 Å². The minimum absolute atomic E-state index is 0.189. The number of carbonyl (C=O) groups is 1. The van der Waals surface area contributed by atoms with E-state index in [0.29, 0.717) is 34.9 Å². The maximum Gasteiger partial charge on any atom is 0.255 e. The molecular formula is C19H21ClN2O3S. The van der Waals surface area contributed by atoms with Crippen LogP contribution in [0, 0.1) is 13.8 Å². The number of carbonyl (C=O) groups excluding carboxylic acids is 1. The van der Waals surface area contributed by atoms with E-state index in [-0.39, 0.29) is 10.8 Å². The highest BCUT2D eigenvalue weighted by atomic mass is 35.5. The maximum atomic E-state index is 12.8. The Kier molecular flexibility index (Phi) is 5.37. The van der Waals surface area contributed by atoms with Gasteiger partial charge in [0.1, 0.15) is 0 Å². The zero-order valence-corrected chi connectivity index (χ0v) is 16.3. The second kappa shape index (κ2) is 7.39. The molecule has 1 amide bonds. The first-order chi connectivity index (χ1) is 12.3. The highest BCUT2D eigenvalue weighted by Crippen LogP contribution is 2.25. The minimum Gasteiger partial charge on any atom is -0.322 e. The molecule has 26 heavy (non-hydrogen) atoms. The van der Waals surface area contributed by atoms with Crippen LogP contribution >= 0.6 is 11.6 Å². The van der Waals surface area contributed by atoms with Gasteiger partial charge in [0.05, 0.1) is 4.90 Å². The molecule has 1 heterocycles. The summed E-state index contributed by atoms with van der Waals surface area (Å²) in [6, 6.07) is 9.99. The van der Waals surface area contributed by atoms with E-state index in [1.54, 1.807) is 31.2 Å². The average Bonchev–Trinajstić information content (AvgIpc) is 3.14. The van der Waals surface area contributed by atoms with Gasteiger partial charge in [0.15, 0.2) is 0 Å². The monoisotopic (exact) mass is 392 g/mol. The van der Waals surface area contributed by atoms with Gasteiger partial charge in [-0.15, -0.1) is 0 Å². The summed E-state index contributed by atoms with van der Waals surface area (Å²) in [5, 5.41) is 3.32. The largest absolute Gasteiger partial charge is 0.322 e. The smallest absolute Gasteiger partial charge is 0.255 e. The predicted octanol–water partition coefficient (Wildman–Crippen LogP) is 3.99. The Balaban J connectivity index is 1.89. The topological polar surface area (TPSA) is 66.5 Å². The molecule has 1 saturated heterocycles. The van der Waals surface area contributed by atoms with E-state index < -0.39 is 10.0 Å². The minimum atomic E-state index is -3.58. The number of nitrogens with one attached hydrogen (secondary N) is 1. The van der Waals surface area contributed by atoms with Crippen molar-refractivity contribution in [2.75, 3.05) is 18.4 Å². The number of hydrogen-bond acceptors (Lipinski definition) is 3. The first kappa shape index (κ1) is 18.9. The molecule has 0 bridgehead atoms. The maximum absolute atomic E-state index is 12.8. The lowest BCUT2D eigenvalue weighted by Gasteiger charge is -2.18. The number of hydrogen-bond donors (Lipinski definition) is 1. The van der Waals surface area contributed by atoms with E-state index in [2.05, 4.69) is 5.32 Å². The Morgan fingerprint density at radius 1 is 1.04 bits per heavy atom. The molecular weight excluding hydrogens is 372 g/mol. The summed E-state index contributed by atoms with van der Waals surface area (Å²) >= 11 is 6.09. The van der Waals surface area contributed by atoms with Gasteiger partial charge in [0, 0.05) is 29.4 Å². The summed E-state index contributed by atoms with van der Waals surface area (Å²) in [6.07, 6.45) is 1.74. The molecule has 1 fully saturated rings. The van der Waals surface area contributed by atoms with Crippen LogP contribution in [-0.4, -0.2) is 31.7 Å². The zero-order chi connectivity index (χ0) is 18.9. The second-order valence-electron chi connectivity index (χ2n) is 6.51. The van der Waals surface area contributed by atoms with Crippen LogP contribution in [0.2, 0.25) is 5.02 Å². The van der Waals surface area contributed by atoms with Gasteiger partial charge in [-0.25, -0.2) is 8.42 Å². The van der Waals surface area contributed by atoms with Crippen molar-refractivity contribution in [2.45, 2.75) is 31.6 Å². The van der Waals surface area contributed by atoms with Gasteiger partial charge in [-0.05, 0) is 62.1 Å².